The maximum absolute atomic E-state index is 13.7. The van der Waals surface area contributed by atoms with Gasteiger partial charge in [0.15, 0.2) is 0 Å². The molecule has 2 aromatic carbocycles. The lowest BCUT2D eigenvalue weighted by atomic mass is 9.98. The fourth-order valence-electron chi connectivity index (χ4n) is 4.55. The van der Waals surface area contributed by atoms with E-state index in [0.29, 0.717) is 32.7 Å². The minimum Gasteiger partial charge on any atom is -0.497 e. The zero-order valence-corrected chi connectivity index (χ0v) is 21.9. The molecule has 1 saturated heterocycles. The summed E-state index contributed by atoms with van der Waals surface area (Å²) in [4.78, 5) is 30.6. The quantitative estimate of drug-likeness (QED) is 0.564. The number of urea groups is 1. The molecule has 0 unspecified atom stereocenters. The van der Waals surface area contributed by atoms with E-state index in [2.05, 4.69) is 10.2 Å². The first-order valence-corrected chi connectivity index (χ1v) is 12.9. The van der Waals surface area contributed by atoms with Gasteiger partial charge in [0.05, 0.1) is 32.1 Å². The van der Waals surface area contributed by atoms with Gasteiger partial charge in [0, 0.05) is 38.6 Å². The normalized spacial score (nSPS) is 18.0. The van der Waals surface area contributed by atoms with Gasteiger partial charge in [0.25, 0.3) is 5.91 Å². The summed E-state index contributed by atoms with van der Waals surface area (Å²) in [5, 5.41) is 9.26. The number of methoxy groups -OCH3 is 1. The molecule has 0 aromatic heterocycles. The third-order valence-electron chi connectivity index (χ3n) is 6.59. The molecule has 1 N–H and O–H groups in total. The van der Waals surface area contributed by atoms with Gasteiger partial charge in [-0.2, -0.15) is 5.10 Å². The van der Waals surface area contributed by atoms with Crippen LogP contribution in [0.3, 0.4) is 0 Å². The Morgan fingerprint density at radius 3 is 2.46 bits per heavy atom. The fraction of sp³-hybridized carbons (Fsp3) is 0.464. The second-order valence-electron chi connectivity index (χ2n) is 9.62. The monoisotopic (exact) mass is 507 g/mol. The number of carbonyl (C=O) groups is 2. The molecule has 2 heterocycles. The molecule has 2 aliphatic rings. The van der Waals surface area contributed by atoms with Crippen molar-refractivity contribution in [1.82, 2.24) is 20.1 Å². The second-order valence-corrected chi connectivity index (χ2v) is 9.62. The third-order valence-corrected chi connectivity index (χ3v) is 6.59. The van der Waals surface area contributed by atoms with E-state index in [0.717, 1.165) is 35.7 Å². The molecule has 3 amide bonds. The van der Waals surface area contributed by atoms with Crippen LogP contribution in [0.25, 0.3) is 0 Å². The van der Waals surface area contributed by atoms with Crippen LogP contribution in [0.2, 0.25) is 0 Å². The number of hydrogen-bond acceptors (Lipinski definition) is 6. The summed E-state index contributed by atoms with van der Waals surface area (Å²) in [6, 6.07) is 17.1. The third kappa shape index (κ3) is 7.08. The van der Waals surface area contributed by atoms with E-state index >= 15 is 0 Å². The Balaban J connectivity index is 1.54. The van der Waals surface area contributed by atoms with E-state index in [4.69, 9.17) is 14.6 Å². The van der Waals surface area contributed by atoms with Crippen LogP contribution >= 0.6 is 0 Å². The van der Waals surface area contributed by atoms with Gasteiger partial charge in [0.2, 0.25) is 0 Å². The number of rotatable bonds is 9. The van der Waals surface area contributed by atoms with E-state index in [1.165, 1.54) is 0 Å². The molecule has 198 valence electrons. The molecule has 2 aromatic rings. The second kappa shape index (κ2) is 12.7. The van der Waals surface area contributed by atoms with Gasteiger partial charge in [-0.1, -0.05) is 30.3 Å². The Hall–Kier alpha value is -3.43. The Labute approximate surface area is 219 Å². The minimum absolute atomic E-state index is 0.0305. The topological polar surface area (TPSA) is 86.7 Å². The van der Waals surface area contributed by atoms with Crippen LogP contribution in [-0.2, 0) is 9.53 Å². The van der Waals surface area contributed by atoms with E-state index in [1.54, 1.807) is 17.0 Å². The summed E-state index contributed by atoms with van der Waals surface area (Å²) in [5.74, 6) is 0.556. The average Bonchev–Trinajstić information content (AvgIpc) is 3.37. The van der Waals surface area contributed by atoms with Gasteiger partial charge in [0.1, 0.15) is 12.3 Å². The summed E-state index contributed by atoms with van der Waals surface area (Å²) < 4.78 is 10.7. The van der Waals surface area contributed by atoms with Crippen molar-refractivity contribution in [3.8, 4) is 5.75 Å². The van der Waals surface area contributed by atoms with E-state index < -0.39 is 0 Å². The number of morpholine rings is 1. The van der Waals surface area contributed by atoms with Crippen LogP contribution in [-0.4, -0.2) is 91.5 Å². The van der Waals surface area contributed by atoms with Crippen LogP contribution in [0, 0.1) is 0 Å². The number of hydrazone groups is 1. The van der Waals surface area contributed by atoms with Crippen molar-refractivity contribution < 1.29 is 19.1 Å². The highest BCUT2D eigenvalue weighted by Crippen LogP contribution is 2.33. The Kier molecular flexibility index (Phi) is 9.14. The zero-order valence-electron chi connectivity index (χ0n) is 21.9. The van der Waals surface area contributed by atoms with Gasteiger partial charge >= 0.3 is 6.03 Å². The van der Waals surface area contributed by atoms with Crippen LogP contribution < -0.4 is 10.1 Å². The van der Waals surface area contributed by atoms with Crippen molar-refractivity contribution >= 4 is 17.6 Å². The molecule has 0 saturated carbocycles. The molecule has 37 heavy (non-hydrogen) atoms. The number of carbonyl (C=O) groups excluding carboxylic acids is 2. The zero-order chi connectivity index (χ0) is 26.2. The van der Waals surface area contributed by atoms with Gasteiger partial charge in [-0.05, 0) is 49.2 Å². The lowest BCUT2D eigenvalue weighted by Gasteiger charge is -2.31. The first-order chi connectivity index (χ1) is 17.9. The Morgan fingerprint density at radius 1 is 1.11 bits per heavy atom. The highest BCUT2D eigenvalue weighted by atomic mass is 16.5. The standard InChI is InChI=1S/C28H37N5O4/c1-21(2)29-28(35)32(14-13-31-15-17-37-18-16-31)20-27(34)33-26(23-7-5-4-6-8-23)19-25(30-33)22-9-11-24(36-3)12-10-22/h4-12,21,26H,13-20H2,1-3H3,(H,29,35)/t26-/m1/s1. The molecular formula is C28H37N5O4. The molecule has 0 radical (unpaired) electrons. The van der Waals surface area contributed by atoms with Crippen LogP contribution in [0.5, 0.6) is 5.75 Å². The molecule has 1 fully saturated rings. The molecular weight excluding hydrogens is 470 g/mol. The van der Waals surface area contributed by atoms with Gasteiger partial charge < -0.3 is 19.7 Å². The number of nitrogens with one attached hydrogen (secondary N) is 1. The minimum atomic E-state index is -0.244. The maximum Gasteiger partial charge on any atom is 0.318 e. The SMILES string of the molecule is COc1ccc(C2=NN(C(=O)CN(CCN3CCOCC3)C(=O)NC(C)C)[C@@H](c3ccccc3)C2)cc1. The van der Waals surface area contributed by atoms with Crippen LogP contribution in [0.15, 0.2) is 59.7 Å². The maximum atomic E-state index is 13.7. The van der Waals surface area contributed by atoms with Crippen molar-refractivity contribution in [1.29, 1.82) is 0 Å². The first-order valence-electron chi connectivity index (χ1n) is 12.9. The smallest absolute Gasteiger partial charge is 0.318 e. The Morgan fingerprint density at radius 2 is 1.81 bits per heavy atom. The summed E-state index contributed by atoms with van der Waals surface area (Å²) in [5.41, 5.74) is 2.78. The molecule has 9 nitrogen and oxygen atoms in total. The van der Waals surface area contributed by atoms with Crippen molar-refractivity contribution in [2.75, 3.05) is 53.0 Å². The summed E-state index contributed by atoms with van der Waals surface area (Å²) in [7, 11) is 1.63. The van der Waals surface area contributed by atoms with E-state index in [-0.39, 0.29) is 30.6 Å². The molecule has 0 spiro atoms. The Bertz CT molecular complexity index is 1070. The predicted molar refractivity (Wildman–Crippen MR) is 143 cm³/mol. The predicted octanol–water partition coefficient (Wildman–Crippen LogP) is 3.13. The van der Waals surface area contributed by atoms with Crippen molar-refractivity contribution in [2.45, 2.75) is 32.4 Å². The molecule has 9 heteroatoms. The largest absolute Gasteiger partial charge is 0.497 e. The fourth-order valence-corrected chi connectivity index (χ4v) is 4.55. The molecule has 2 aliphatic heterocycles. The van der Waals surface area contributed by atoms with E-state index in [1.807, 2.05) is 68.4 Å². The van der Waals surface area contributed by atoms with E-state index in [9.17, 15) is 9.59 Å². The summed E-state index contributed by atoms with van der Waals surface area (Å²) >= 11 is 0. The number of hydrogen-bond donors (Lipinski definition) is 1. The molecule has 1 atom stereocenters. The van der Waals surface area contributed by atoms with Crippen LogP contribution in [0.4, 0.5) is 4.79 Å². The lowest BCUT2D eigenvalue weighted by Crippen LogP contribution is -2.50. The average molecular weight is 508 g/mol. The lowest BCUT2D eigenvalue weighted by molar-refractivity contribution is -0.133. The molecule has 0 aliphatic carbocycles. The number of benzene rings is 2. The highest BCUT2D eigenvalue weighted by molar-refractivity contribution is 6.03. The number of nitrogens with zero attached hydrogens (tertiary/aromatic N) is 4. The first kappa shape index (κ1) is 26.6. The van der Waals surface area contributed by atoms with Gasteiger partial charge in [-0.15, -0.1) is 0 Å². The van der Waals surface area contributed by atoms with Crippen LogP contribution in [0.1, 0.15) is 37.4 Å². The van der Waals surface area contributed by atoms with Crippen molar-refractivity contribution in [3.63, 3.8) is 0 Å². The molecule has 0 bridgehead atoms. The summed E-state index contributed by atoms with van der Waals surface area (Å²) in [6.07, 6.45) is 0.591. The van der Waals surface area contributed by atoms with Gasteiger partial charge in [-0.25, -0.2) is 9.80 Å². The number of ether oxygens (including phenoxy) is 2. The summed E-state index contributed by atoms with van der Waals surface area (Å²) in [6.45, 7) is 7.93. The highest BCUT2D eigenvalue weighted by Gasteiger charge is 2.34. The number of amides is 3. The van der Waals surface area contributed by atoms with Crippen molar-refractivity contribution in [2.24, 2.45) is 5.10 Å². The molecule has 4 rings (SSSR count). The van der Waals surface area contributed by atoms with Crippen molar-refractivity contribution in [3.05, 3.63) is 65.7 Å². The van der Waals surface area contributed by atoms with Gasteiger partial charge in [-0.3, -0.25) is 9.69 Å².